The van der Waals surface area contributed by atoms with Crippen molar-refractivity contribution in [2.75, 3.05) is 7.05 Å². The highest BCUT2D eigenvalue weighted by molar-refractivity contribution is 5.94. The van der Waals surface area contributed by atoms with Gasteiger partial charge in [-0.2, -0.15) is 5.10 Å². The van der Waals surface area contributed by atoms with Gasteiger partial charge >= 0.3 is 0 Å². The maximum absolute atomic E-state index is 13.1. The van der Waals surface area contributed by atoms with Crippen molar-refractivity contribution in [1.29, 1.82) is 0 Å². The predicted octanol–water partition coefficient (Wildman–Crippen LogP) is 2.70. The monoisotopic (exact) mass is 291 g/mol. The van der Waals surface area contributed by atoms with Crippen LogP contribution in [0.5, 0.6) is 5.75 Å². The molecule has 1 atom stereocenters. The van der Waals surface area contributed by atoms with Gasteiger partial charge in [0, 0.05) is 23.9 Å². The molecule has 1 unspecified atom stereocenters. The van der Waals surface area contributed by atoms with Gasteiger partial charge < -0.3 is 10.0 Å². The second-order valence-electron chi connectivity index (χ2n) is 5.11. The van der Waals surface area contributed by atoms with E-state index in [9.17, 15) is 14.3 Å². The second-order valence-corrected chi connectivity index (χ2v) is 5.11. The summed E-state index contributed by atoms with van der Waals surface area (Å²) in [4.78, 5) is 14.0. The summed E-state index contributed by atoms with van der Waals surface area (Å²) in [5, 5.41) is 16.4. The number of aryl methyl sites for hydroxylation is 2. The Morgan fingerprint density at radius 3 is 2.62 bits per heavy atom. The number of aromatic nitrogens is 2. The Hall–Kier alpha value is -2.37. The number of phenols is 1. The van der Waals surface area contributed by atoms with Crippen LogP contribution in [0.3, 0.4) is 0 Å². The predicted molar refractivity (Wildman–Crippen MR) is 76.6 cm³/mol. The first-order valence-electron chi connectivity index (χ1n) is 6.60. The summed E-state index contributed by atoms with van der Waals surface area (Å²) in [5.74, 6) is -1.57. The van der Waals surface area contributed by atoms with Crippen molar-refractivity contribution in [3.63, 3.8) is 0 Å². The molecule has 21 heavy (non-hydrogen) atoms. The number of H-pyrrole nitrogens is 1. The summed E-state index contributed by atoms with van der Waals surface area (Å²) >= 11 is 0. The molecule has 0 radical (unpaired) electrons. The smallest absolute Gasteiger partial charge is 0.254 e. The number of carbonyl (C=O) groups is 1. The van der Waals surface area contributed by atoms with Gasteiger partial charge in [-0.1, -0.05) is 0 Å². The number of nitrogens with one attached hydrogen (secondary N) is 1. The number of amides is 1. The van der Waals surface area contributed by atoms with Crippen molar-refractivity contribution in [2.45, 2.75) is 26.8 Å². The molecule has 0 aliphatic heterocycles. The van der Waals surface area contributed by atoms with Crippen LogP contribution in [0.25, 0.3) is 0 Å². The third-order valence-corrected chi connectivity index (χ3v) is 3.70. The number of aromatic hydroxyl groups is 1. The number of phenolic OH excluding ortho intramolecular Hbond substituents is 1. The third kappa shape index (κ3) is 2.74. The van der Waals surface area contributed by atoms with Crippen LogP contribution in [-0.2, 0) is 0 Å². The molecule has 2 N–H and O–H groups in total. The van der Waals surface area contributed by atoms with Crippen LogP contribution in [0, 0.1) is 19.7 Å². The van der Waals surface area contributed by atoms with Gasteiger partial charge in [0.1, 0.15) is 0 Å². The highest BCUT2D eigenvalue weighted by atomic mass is 19.1. The number of hydrogen-bond acceptors (Lipinski definition) is 3. The Balaban J connectivity index is 2.28. The lowest BCUT2D eigenvalue weighted by atomic mass is 10.0. The Morgan fingerprint density at radius 2 is 2.10 bits per heavy atom. The lowest BCUT2D eigenvalue weighted by Crippen LogP contribution is -2.30. The van der Waals surface area contributed by atoms with Crippen LogP contribution in [0.1, 0.15) is 40.3 Å². The quantitative estimate of drug-likeness (QED) is 0.913. The van der Waals surface area contributed by atoms with Gasteiger partial charge in [0.05, 0.1) is 11.7 Å². The van der Waals surface area contributed by atoms with E-state index in [1.807, 2.05) is 20.8 Å². The van der Waals surface area contributed by atoms with E-state index in [2.05, 4.69) is 10.2 Å². The minimum atomic E-state index is -0.747. The number of hydrogen-bond donors (Lipinski definition) is 2. The molecule has 1 aromatic carbocycles. The Labute approximate surface area is 122 Å². The highest BCUT2D eigenvalue weighted by Gasteiger charge is 2.23. The molecular weight excluding hydrogens is 273 g/mol. The number of rotatable bonds is 3. The molecule has 1 heterocycles. The van der Waals surface area contributed by atoms with Gasteiger partial charge in [-0.05, 0) is 39.0 Å². The fourth-order valence-corrected chi connectivity index (χ4v) is 2.39. The second kappa shape index (κ2) is 5.55. The Kier molecular flexibility index (Phi) is 3.97. The summed E-state index contributed by atoms with van der Waals surface area (Å²) < 4.78 is 13.1. The highest BCUT2D eigenvalue weighted by Crippen LogP contribution is 2.26. The molecule has 0 spiro atoms. The van der Waals surface area contributed by atoms with Crippen molar-refractivity contribution >= 4 is 5.91 Å². The van der Waals surface area contributed by atoms with E-state index >= 15 is 0 Å². The van der Waals surface area contributed by atoms with Crippen LogP contribution in [-0.4, -0.2) is 33.2 Å². The fraction of sp³-hybridized carbons (Fsp3) is 0.333. The molecule has 0 saturated heterocycles. The molecule has 6 heteroatoms. The molecule has 112 valence electrons. The molecule has 0 fully saturated rings. The lowest BCUT2D eigenvalue weighted by Gasteiger charge is -2.25. The molecule has 2 aromatic rings. The molecule has 5 nitrogen and oxygen atoms in total. The molecule has 0 saturated carbocycles. The fourth-order valence-electron chi connectivity index (χ4n) is 2.39. The van der Waals surface area contributed by atoms with Gasteiger partial charge in [0.25, 0.3) is 5.91 Å². The minimum Gasteiger partial charge on any atom is -0.505 e. The molecule has 0 aliphatic carbocycles. The zero-order valence-corrected chi connectivity index (χ0v) is 12.4. The molecule has 0 aliphatic rings. The van der Waals surface area contributed by atoms with Crippen LogP contribution < -0.4 is 0 Å². The number of aromatic amines is 1. The van der Waals surface area contributed by atoms with Gasteiger partial charge in [0.2, 0.25) is 0 Å². The number of nitrogens with zero attached hydrogens (tertiary/aromatic N) is 2. The summed E-state index contributed by atoms with van der Waals surface area (Å²) in [5.41, 5.74) is 2.93. The van der Waals surface area contributed by atoms with Crippen molar-refractivity contribution in [3.8, 4) is 5.75 Å². The van der Waals surface area contributed by atoms with Gasteiger partial charge in [-0.3, -0.25) is 9.89 Å². The van der Waals surface area contributed by atoms with Crippen molar-refractivity contribution in [2.24, 2.45) is 0 Å². The summed E-state index contributed by atoms with van der Waals surface area (Å²) in [6.07, 6.45) is 0. The first kappa shape index (κ1) is 15.0. The topological polar surface area (TPSA) is 69.2 Å². The van der Waals surface area contributed by atoms with Crippen molar-refractivity contribution < 1.29 is 14.3 Å². The van der Waals surface area contributed by atoms with E-state index in [4.69, 9.17) is 0 Å². The van der Waals surface area contributed by atoms with E-state index < -0.39 is 11.6 Å². The zero-order chi connectivity index (χ0) is 15.7. The molecule has 1 aromatic heterocycles. The van der Waals surface area contributed by atoms with Crippen LogP contribution in [0.2, 0.25) is 0 Å². The summed E-state index contributed by atoms with van der Waals surface area (Å²) in [6.45, 7) is 5.66. The normalized spacial score (nSPS) is 12.2. The largest absolute Gasteiger partial charge is 0.505 e. The van der Waals surface area contributed by atoms with Crippen LogP contribution >= 0.6 is 0 Å². The summed E-state index contributed by atoms with van der Waals surface area (Å²) in [7, 11) is 1.67. The lowest BCUT2D eigenvalue weighted by molar-refractivity contribution is 0.0741. The third-order valence-electron chi connectivity index (χ3n) is 3.70. The molecular formula is C15H18FN3O2. The molecule has 1 amide bonds. The standard InChI is InChI=1S/C15H18FN3O2/c1-8-14(9(2)18-17-8)10(3)19(4)15(21)11-5-6-12(16)13(20)7-11/h5-7,10,20H,1-4H3,(H,17,18). The first-order chi connectivity index (χ1) is 9.82. The van der Waals surface area contributed by atoms with Crippen molar-refractivity contribution in [1.82, 2.24) is 15.1 Å². The Morgan fingerprint density at radius 1 is 1.43 bits per heavy atom. The Bertz CT molecular complexity index is 662. The van der Waals surface area contributed by atoms with E-state index in [0.29, 0.717) is 0 Å². The van der Waals surface area contributed by atoms with Gasteiger partial charge in [-0.25, -0.2) is 4.39 Å². The van der Waals surface area contributed by atoms with E-state index in [1.165, 1.54) is 11.0 Å². The number of halogens is 1. The zero-order valence-electron chi connectivity index (χ0n) is 12.4. The average molecular weight is 291 g/mol. The SMILES string of the molecule is Cc1n[nH]c(C)c1C(C)N(C)C(=O)c1ccc(F)c(O)c1. The van der Waals surface area contributed by atoms with Crippen LogP contribution in [0.4, 0.5) is 4.39 Å². The van der Waals surface area contributed by atoms with Gasteiger partial charge in [-0.15, -0.1) is 0 Å². The maximum Gasteiger partial charge on any atom is 0.254 e. The van der Waals surface area contributed by atoms with Crippen molar-refractivity contribution in [3.05, 3.63) is 46.5 Å². The molecule has 2 rings (SSSR count). The van der Waals surface area contributed by atoms with E-state index in [1.54, 1.807) is 7.05 Å². The number of carbonyl (C=O) groups excluding carboxylic acids is 1. The summed E-state index contributed by atoms with van der Waals surface area (Å²) in [6, 6.07) is 3.38. The minimum absolute atomic E-state index is 0.191. The maximum atomic E-state index is 13.1. The van der Waals surface area contributed by atoms with Crippen LogP contribution in [0.15, 0.2) is 18.2 Å². The molecule has 0 bridgehead atoms. The van der Waals surface area contributed by atoms with E-state index in [-0.39, 0.29) is 17.5 Å². The average Bonchev–Trinajstić information content (AvgIpc) is 2.79. The van der Waals surface area contributed by atoms with Gasteiger partial charge in [0.15, 0.2) is 11.6 Å². The number of benzene rings is 1. The van der Waals surface area contributed by atoms with E-state index in [0.717, 1.165) is 29.1 Å². The first-order valence-corrected chi connectivity index (χ1v) is 6.60.